The number of aliphatic hydroxyl groups is 2. The van der Waals surface area contributed by atoms with Crippen LogP contribution in [0.1, 0.15) is 64.7 Å². The van der Waals surface area contributed by atoms with E-state index in [1.54, 1.807) is 0 Å². The Balaban J connectivity index is 1.63. The van der Waals surface area contributed by atoms with Gasteiger partial charge in [-0.1, -0.05) is 38.3 Å². The summed E-state index contributed by atoms with van der Waals surface area (Å²) in [5.41, 5.74) is 0. The molecular weight excluding hydrogens is 300 g/mol. The van der Waals surface area contributed by atoms with E-state index in [9.17, 15) is 10.2 Å². The minimum absolute atomic E-state index is 0.00996. The molecule has 0 bridgehead atoms. The predicted octanol–water partition coefficient (Wildman–Crippen LogP) is 4.72. The molecule has 3 nitrogen and oxygen atoms in total. The van der Waals surface area contributed by atoms with E-state index in [0.29, 0.717) is 23.5 Å². The molecular formula is C21H32O3. The van der Waals surface area contributed by atoms with Gasteiger partial charge in [0.25, 0.3) is 0 Å². The Morgan fingerprint density at radius 3 is 2.75 bits per heavy atom. The van der Waals surface area contributed by atoms with E-state index in [1.807, 2.05) is 0 Å². The van der Waals surface area contributed by atoms with Crippen molar-refractivity contribution in [3.05, 3.63) is 23.7 Å². The van der Waals surface area contributed by atoms with Crippen molar-refractivity contribution in [2.45, 2.75) is 76.9 Å². The Morgan fingerprint density at radius 1 is 1.12 bits per heavy atom. The topological polar surface area (TPSA) is 49.7 Å². The first-order valence-corrected chi connectivity index (χ1v) is 10.1. The summed E-state index contributed by atoms with van der Waals surface area (Å²) in [6, 6.07) is 0. The van der Waals surface area contributed by atoms with Crippen LogP contribution in [-0.2, 0) is 4.74 Å². The summed E-state index contributed by atoms with van der Waals surface area (Å²) in [5, 5.41) is 21.3. The lowest BCUT2D eigenvalue weighted by atomic mass is 9.66. The molecule has 1 heterocycles. The van der Waals surface area contributed by atoms with E-state index in [1.165, 1.54) is 19.3 Å². The molecule has 7 atom stereocenters. The van der Waals surface area contributed by atoms with Crippen molar-refractivity contribution in [3.8, 4) is 0 Å². The largest absolute Gasteiger partial charge is 0.509 e. The minimum Gasteiger partial charge on any atom is -0.509 e. The van der Waals surface area contributed by atoms with Crippen LogP contribution in [-0.4, -0.2) is 22.4 Å². The molecule has 0 radical (unpaired) electrons. The Kier molecular flexibility index (Phi) is 4.64. The second kappa shape index (κ2) is 6.74. The number of hydrogen-bond acceptors (Lipinski definition) is 3. The summed E-state index contributed by atoms with van der Waals surface area (Å²) >= 11 is 0. The van der Waals surface area contributed by atoms with Crippen LogP contribution in [0.25, 0.3) is 0 Å². The molecule has 1 saturated heterocycles. The zero-order valence-electron chi connectivity index (χ0n) is 14.9. The molecule has 0 aromatic carbocycles. The Morgan fingerprint density at radius 2 is 1.96 bits per heavy atom. The van der Waals surface area contributed by atoms with Crippen molar-refractivity contribution in [1.82, 2.24) is 0 Å². The van der Waals surface area contributed by atoms with Gasteiger partial charge in [0.15, 0.2) is 0 Å². The molecule has 7 unspecified atom stereocenters. The van der Waals surface area contributed by atoms with E-state index >= 15 is 0 Å². The van der Waals surface area contributed by atoms with E-state index in [4.69, 9.17) is 4.74 Å². The second-order valence-corrected chi connectivity index (χ2v) is 8.49. The van der Waals surface area contributed by atoms with Crippen LogP contribution in [0.5, 0.6) is 0 Å². The standard InChI is InChI=1S/C21H32O3/c1-13(14-10-6-11-18(14)22)20(23)21-17-9-3-2-7-15(17)16-8-4-5-12-19(16)24-21/h4,8,13-19,22-23H,2-3,5-7,9-12H2,1H3/b21-20+. The summed E-state index contributed by atoms with van der Waals surface area (Å²) < 4.78 is 6.43. The van der Waals surface area contributed by atoms with E-state index in [0.717, 1.165) is 44.3 Å². The van der Waals surface area contributed by atoms with Gasteiger partial charge < -0.3 is 14.9 Å². The third-order valence-electron chi connectivity index (χ3n) is 7.19. The number of allylic oxidation sites excluding steroid dienone is 3. The van der Waals surface area contributed by atoms with Crippen molar-refractivity contribution in [2.24, 2.45) is 29.6 Å². The molecule has 2 saturated carbocycles. The third-order valence-corrected chi connectivity index (χ3v) is 7.19. The maximum atomic E-state index is 11.1. The van der Waals surface area contributed by atoms with Gasteiger partial charge in [0.1, 0.15) is 17.6 Å². The molecule has 0 spiro atoms. The Labute approximate surface area is 145 Å². The van der Waals surface area contributed by atoms with Crippen LogP contribution in [0.15, 0.2) is 23.7 Å². The summed E-state index contributed by atoms with van der Waals surface area (Å²) in [7, 11) is 0. The molecule has 0 aromatic rings. The lowest BCUT2D eigenvalue weighted by Crippen LogP contribution is -2.43. The highest BCUT2D eigenvalue weighted by Gasteiger charge is 2.46. The van der Waals surface area contributed by atoms with E-state index in [2.05, 4.69) is 19.1 Å². The summed E-state index contributed by atoms with van der Waals surface area (Å²) in [4.78, 5) is 0. The molecule has 0 amide bonds. The maximum Gasteiger partial charge on any atom is 0.137 e. The summed E-state index contributed by atoms with van der Waals surface area (Å²) in [6.07, 6.45) is 14.8. The van der Waals surface area contributed by atoms with Crippen molar-refractivity contribution >= 4 is 0 Å². The number of ether oxygens (including phenoxy) is 1. The number of rotatable bonds is 2. The van der Waals surface area contributed by atoms with Gasteiger partial charge in [-0.25, -0.2) is 0 Å². The van der Waals surface area contributed by atoms with Gasteiger partial charge >= 0.3 is 0 Å². The predicted molar refractivity (Wildman–Crippen MR) is 94.4 cm³/mol. The number of fused-ring (bicyclic) bond motifs is 3. The molecule has 3 heteroatoms. The summed E-state index contributed by atoms with van der Waals surface area (Å²) in [6.45, 7) is 2.08. The van der Waals surface area contributed by atoms with E-state index in [-0.39, 0.29) is 24.0 Å². The lowest BCUT2D eigenvalue weighted by Gasteiger charge is -2.47. The van der Waals surface area contributed by atoms with Crippen LogP contribution in [0.4, 0.5) is 0 Å². The second-order valence-electron chi connectivity index (χ2n) is 8.49. The minimum atomic E-state index is -0.265. The average molecular weight is 332 g/mol. The molecule has 1 aliphatic heterocycles. The maximum absolute atomic E-state index is 11.1. The summed E-state index contributed by atoms with van der Waals surface area (Å²) in [5.74, 6) is 3.08. The first-order valence-electron chi connectivity index (χ1n) is 10.1. The quantitative estimate of drug-likeness (QED) is 0.568. The molecule has 134 valence electrons. The third kappa shape index (κ3) is 2.79. The number of hydrogen-bond donors (Lipinski definition) is 2. The van der Waals surface area contributed by atoms with Gasteiger partial charge in [0.05, 0.1) is 6.10 Å². The van der Waals surface area contributed by atoms with Crippen LogP contribution in [0, 0.1) is 29.6 Å². The SMILES string of the molecule is CC(/C(O)=C1\OC2CCC=CC2C2CCCCC12)C1CCCC1O. The molecule has 4 aliphatic rings. The van der Waals surface area contributed by atoms with Gasteiger partial charge in [0.2, 0.25) is 0 Å². The highest BCUT2D eigenvalue weighted by atomic mass is 16.5. The first-order chi connectivity index (χ1) is 11.7. The van der Waals surface area contributed by atoms with Gasteiger partial charge in [-0.05, 0) is 50.4 Å². The van der Waals surface area contributed by atoms with Crippen molar-refractivity contribution < 1.29 is 14.9 Å². The Hall–Kier alpha value is -0.960. The molecule has 4 rings (SSSR count). The van der Waals surface area contributed by atoms with Crippen molar-refractivity contribution in [3.63, 3.8) is 0 Å². The molecule has 3 aliphatic carbocycles. The fourth-order valence-electron chi connectivity index (χ4n) is 5.81. The van der Waals surface area contributed by atoms with Gasteiger partial charge in [-0.3, -0.25) is 0 Å². The number of aliphatic hydroxyl groups excluding tert-OH is 2. The fourth-order valence-corrected chi connectivity index (χ4v) is 5.81. The highest BCUT2D eigenvalue weighted by molar-refractivity contribution is 5.18. The van der Waals surface area contributed by atoms with Crippen LogP contribution < -0.4 is 0 Å². The smallest absolute Gasteiger partial charge is 0.137 e. The van der Waals surface area contributed by atoms with Crippen molar-refractivity contribution in [1.29, 1.82) is 0 Å². The molecule has 24 heavy (non-hydrogen) atoms. The van der Waals surface area contributed by atoms with Gasteiger partial charge in [0, 0.05) is 17.8 Å². The normalized spacial score (nSPS) is 45.1. The molecule has 3 fully saturated rings. The zero-order chi connectivity index (χ0) is 16.7. The highest BCUT2D eigenvalue weighted by Crippen LogP contribution is 2.50. The first kappa shape index (κ1) is 16.5. The monoisotopic (exact) mass is 332 g/mol. The molecule has 2 N–H and O–H groups in total. The van der Waals surface area contributed by atoms with Gasteiger partial charge in [-0.2, -0.15) is 0 Å². The molecule has 0 aromatic heterocycles. The van der Waals surface area contributed by atoms with Crippen LogP contribution in [0.3, 0.4) is 0 Å². The van der Waals surface area contributed by atoms with E-state index < -0.39 is 0 Å². The zero-order valence-corrected chi connectivity index (χ0v) is 14.9. The van der Waals surface area contributed by atoms with Crippen molar-refractivity contribution in [2.75, 3.05) is 0 Å². The van der Waals surface area contributed by atoms with Crippen LogP contribution in [0.2, 0.25) is 0 Å². The fraction of sp³-hybridized carbons (Fsp3) is 0.810. The average Bonchev–Trinajstić information content (AvgIpc) is 3.05. The Bertz CT molecular complexity index is 523. The lowest BCUT2D eigenvalue weighted by molar-refractivity contribution is -0.0541. The van der Waals surface area contributed by atoms with Gasteiger partial charge in [-0.15, -0.1) is 0 Å². The van der Waals surface area contributed by atoms with Crippen LogP contribution >= 0.6 is 0 Å².